The lowest BCUT2D eigenvalue weighted by Gasteiger charge is -2.66. The molecule has 2 bridgehead atoms. The molecule has 0 heterocycles. The van der Waals surface area contributed by atoms with E-state index in [9.17, 15) is 0 Å². The van der Waals surface area contributed by atoms with Crippen LogP contribution in [0.25, 0.3) is 0 Å². The molecule has 1 heteroatoms. The molecule has 1 unspecified atom stereocenters. The Morgan fingerprint density at radius 1 is 1.15 bits per heavy atom. The summed E-state index contributed by atoms with van der Waals surface area (Å²) in [5.41, 5.74) is 0.662. The molecule has 0 radical (unpaired) electrons. The van der Waals surface area contributed by atoms with Gasteiger partial charge in [-0.15, -0.1) is 0 Å². The lowest BCUT2D eigenvalue weighted by atomic mass is 9.42. The third-order valence-corrected chi connectivity index (χ3v) is 5.22. The molecule has 0 aromatic carbocycles. The monoisotopic (exact) mass is 182 g/mol. The molecule has 1 nitrogen and oxygen atoms in total. The third-order valence-electron chi connectivity index (χ3n) is 5.22. The summed E-state index contributed by atoms with van der Waals surface area (Å²) >= 11 is 0. The van der Waals surface area contributed by atoms with Crippen LogP contribution in [0.2, 0.25) is 0 Å². The molecule has 0 N–H and O–H groups in total. The van der Waals surface area contributed by atoms with Gasteiger partial charge in [-0.3, -0.25) is 0 Å². The Balaban J connectivity index is 2.27. The van der Waals surface area contributed by atoms with Gasteiger partial charge in [-0.2, -0.15) is 0 Å². The van der Waals surface area contributed by atoms with Gasteiger partial charge in [-0.05, 0) is 42.9 Å². The van der Waals surface area contributed by atoms with Gasteiger partial charge in [0.2, 0.25) is 0 Å². The summed E-state index contributed by atoms with van der Waals surface area (Å²) in [7, 11) is 1.88. The molecule has 0 aromatic rings. The van der Waals surface area contributed by atoms with E-state index in [-0.39, 0.29) is 5.60 Å². The standard InChI is InChI=1S/C12H22O/c1-8-6-9-7-10(11(9,2)3)12(8,4)13-5/h8-10H,6-7H2,1-5H3/t8?,9-,10+,12+/m1/s1. The molecular formula is C12H22O. The number of fused-ring (bicyclic) bond motifs is 2. The summed E-state index contributed by atoms with van der Waals surface area (Å²) in [5, 5.41) is 0. The Hall–Kier alpha value is -0.0400. The van der Waals surface area contributed by atoms with E-state index in [1.807, 2.05) is 7.11 Å². The number of methoxy groups -OCH3 is 1. The quantitative estimate of drug-likeness (QED) is 0.605. The van der Waals surface area contributed by atoms with Gasteiger partial charge in [-0.1, -0.05) is 20.8 Å². The van der Waals surface area contributed by atoms with Gasteiger partial charge in [0.25, 0.3) is 0 Å². The second-order valence-electron chi connectivity index (χ2n) is 5.83. The van der Waals surface area contributed by atoms with Crippen LogP contribution in [0.3, 0.4) is 0 Å². The maximum absolute atomic E-state index is 5.78. The molecule has 76 valence electrons. The van der Waals surface area contributed by atoms with E-state index >= 15 is 0 Å². The van der Waals surface area contributed by atoms with Gasteiger partial charge in [0.05, 0.1) is 5.60 Å². The summed E-state index contributed by atoms with van der Waals surface area (Å²) in [6.07, 6.45) is 2.75. The summed E-state index contributed by atoms with van der Waals surface area (Å²) in [6, 6.07) is 0. The molecule has 0 aromatic heterocycles. The van der Waals surface area contributed by atoms with Crippen LogP contribution < -0.4 is 0 Å². The SMILES string of the molecule is CO[C@@]1(C)C(C)C[C@@H]2C[C@H]1C2(C)C. The molecule has 3 saturated carbocycles. The zero-order chi connectivity index (χ0) is 9.85. The minimum atomic E-state index is 0.137. The smallest absolute Gasteiger partial charge is 0.0709 e. The zero-order valence-corrected chi connectivity index (χ0v) is 9.55. The molecular weight excluding hydrogens is 160 g/mol. The van der Waals surface area contributed by atoms with Gasteiger partial charge in [0.1, 0.15) is 0 Å². The number of hydrogen-bond donors (Lipinski definition) is 0. The van der Waals surface area contributed by atoms with E-state index < -0.39 is 0 Å². The van der Waals surface area contributed by atoms with Gasteiger partial charge in [-0.25, -0.2) is 0 Å². The van der Waals surface area contributed by atoms with Crippen molar-refractivity contribution >= 4 is 0 Å². The molecule has 3 rings (SSSR count). The normalized spacial score (nSPS) is 52.8. The first-order valence-electron chi connectivity index (χ1n) is 5.48. The van der Waals surface area contributed by atoms with E-state index in [4.69, 9.17) is 4.74 Å². The van der Waals surface area contributed by atoms with E-state index in [0.29, 0.717) is 5.41 Å². The molecule has 0 spiro atoms. The maximum atomic E-state index is 5.78. The third kappa shape index (κ3) is 0.971. The minimum Gasteiger partial charge on any atom is -0.378 e. The summed E-state index contributed by atoms with van der Waals surface area (Å²) in [6.45, 7) is 9.47. The molecule has 3 aliphatic rings. The maximum Gasteiger partial charge on any atom is 0.0709 e. The highest BCUT2D eigenvalue weighted by Crippen LogP contribution is 2.65. The number of ether oxygens (including phenoxy) is 1. The van der Waals surface area contributed by atoms with Gasteiger partial charge in [0.15, 0.2) is 0 Å². The highest BCUT2D eigenvalue weighted by atomic mass is 16.5. The Morgan fingerprint density at radius 2 is 1.77 bits per heavy atom. The Kier molecular flexibility index (Phi) is 1.83. The summed E-state index contributed by atoms with van der Waals surface area (Å²) < 4.78 is 5.78. The van der Waals surface area contributed by atoms with Gasteiger partial charge < -0.3 is 4.74 Å². The number of hydrogen-bond acceptors (Lipinski definition) is 1. The Morgan fingerprint density at radius 3 is 2.15 bits per heavy atom. The van der Waals surface area contributed by atoms with Crippen LogP contribution in [-0.2, 0) is 4.74 Å². The average Bonchev–Trinajstić information content (AvgIpc) is 2.08. The first kappa shape index (κ1) is 9.51. The fourth-order valence-electron chi connectivity index (χ4n) is 3.74. The van der Waals surface area contributed by atoms with Crippen LogP contribution in [0.5, 0.6) is 0 Å². The lowest BCUT2D eigenvalue weighted by Crippen LogP contribution is -2.64. The largest absolute Gasteiger partial charge is 0.378 e. The second kappa shape index (κ2) is 2.50. The summed E-state index contributed by atoms with van der Waals surface area (Å²) in [4.78, 5) is 0. The van der Waals surface area contributed by atoms with E-state index in [0.717, 1.165) is 17.8 Å². The summed E-state index contributed by atoms with van der Waals surface area (Å²) in [5.74, 6) is 2.46. The van der Waals surface area contributed by atoms with Crippen molar-refractivity contribution in [2.75, 3.05) is 7.11 Å². The van der Waals surface area contributed by atoms with E-state index in [1.165, 1.54) is 12.8 Å². The second-order valence-corrected chi connectivity index (χ2v) is 5.83. The molecule has 0 saturated heterocycles. The predicted octanol–water partition coefficient (Wildman–Crippen LogP) is 3.09. The van der Waals surface area contributed by atoms with Crippen LogP contribution in [0.4, 0.5) is 0 Å². The molecule has 0 aliphatic heterocycles. The lowest BCUT2D eigenvalue weighted by molar-refractivity contribution is -0.233. The molecule has 13 heavy (non-hydrogen) atoms. The van der Waals surface area contributed by atoms with Crippen LogP contribution in [0.1, 0.15) is 40.5 Å². The first-order valence-corrected chi connectivity index (χ1v) is 5.48. The zero-order valence-electron chi connectivity index (χ0n) is 9.55. The van der Waals surface area contributed by atoms with Crippen LogP contribution in [0, 0.1) is 23.2 Å². The number of rotatable bonds is 1. The fourth-order valence-corrected chi connectivity index (χ4v) is 3.74. The van der Waals surface area contributed by atoms with E-state index in [1.54, 1.807) is 0 Å². The van der Waals surface area contributed by atoms with Crippen LogP contribution in [-0.4, -0.2) is 12.7 Å². The van der Waals surface area contributed by atoms with Crippen molar-refractivity contribution in [1.82, 2.24) is 0 Å². The molecule has 3 aliphatic carbocycles. The van der Waals surface area contributed by atoms with Crippen molar-refractivity contribution in [3.05, 3.63) is 0 Å². The fraction of sp³-hybridized carbons (Fsp3) is 1.00. The van der Waals surface area contributed by atoms with Crippen molar-refractivity contribution in [1.29, 1.82) is 0 Å². The molecule has 0 amide bonds. The molecule has 4 atom stereocenters. The first-order chi connectivity index (χ1) is 5.93. The van der Waals surface area contributed by atoms with Crippen molar-refractivity contribution in [2.24, 2.45) is 23.2 Å². The average molecular weight is 182 g/mol. The topological polar surface area (TPSA) is 9.23 Å². The van der Waals surface area contributed by atoms with Crippen LogP contribution in [0.15, 0.2) is 0 Å². The van der Waals surface area contributed by atoms with Crippen molar-refractivity contribution in [3.8, 4) is 0 Å². The van der Waals surface area contributed by atoms with Gasteiger partial charge >= 0.3 is 0 Å². The molecule has 3 fully saturated rings. The van der Waals surface area contributed by atoms with E-state index in [2.05, 4.69) is 27.7 Å². The highest BCUT2D eigenvalue weighted by Gasteiger charge is 2.62. The van der Waals surface area contributed by atoms with Crippen LogP contribution >= 0.6 is 0 Å². The van der Waals surface area contributed by atoms with Gasteiger partial charge in [0, 0.05) is 7.11 Å². The van der Waals surface area contributed by atoms with Crippen molar-refractivity contribution in [3.63, 3.8) is 0 Å². The van der Waals surface area contributed by atoms with Crippen molar-refractivity contribution < 1.29 is 4.74 Å². The Labute approximate surface area is 81.9 Å². The highest BCUT2D eigenvalue weighted by molar-refractivity contribution is 5.11. The predicted molar refractivity (Wildman–Crippen MR) is 54.6 cm³/mol. The Bertz CT molecular complexity index is 221. The van der Waals surface area contributed by atoms with Crippen molar-refractivity contribution in [2.45, 2.75) is 46.1 Å². The minimum absolute atomic E-state index is 0.137.